The summed E-state index contributed by atoms with van der Waals surface area (Å²) in [5, 5.41) is 2.86. The van der Waals surface area contributed by atoms with E-state index in [9.17, 15) is 9.59 Å². The van der Waals surface area contributed by atoms with Crippen molar-refractivity contribution in [3.63, 3.8) is 0 Å². The molecule has 1 saturated heterocycles. The molecule has 2 aliphatic rings. The standard InChI is InChI=1S/C35H41FN6O4/c1-23-6-7-28(18-39-23)40-13-4-5-29(22-40)41(19-25-10-11-37-24(2)15-25)20-26-21-42(27-8-9-27)32-17-33(31(36)16-30(32)34(26)43)46-14-12-38-35(44)45-3/h6-7,10-11,15-18,21,27,29H,4-5,8-9,12-14,19-20,22H2,1-3H3,(H,38,44)/t29-/m0/s1. The van der Waals surface area contributed by atoms with Crippen molar-refractivity contribution in [2.75, 3.05) is 38.3 Å². The number of nitrogens with one attached hydrogen (secondary N) is 1. The SMILES string of the molecule is COC(=O)NCCOc1cc2c(cc1F)c(=O)c(CN(Cc1ccnc(C)c1)[C@H]1CCCN(c3ccc(C)nc3)C1)cn2C1CC1. The van der Waals surface area contributed by atoms with Crippen LogP contribution in [0.15, 0.2) is 59.8 Å². The highest BCUT2D eigenvalue weighted by molar-refractivity contribution is 5.81. The van der Waals surface area contributed by atoms with Gasteiger partial charge in [0.25, 0.3) is 0 Å². The maximum absolute atomic E-state index is 15.3. The lowest BCUT2D eigenvalue weighted by atomic mass is 10.0. The van der Waals surface area contributed by atoms with Gasteiger partial charge in [-0.25, -0.2) is 9.18 Å². The maximum atomic E-state index is 15.3. The Labute approximate surface area is 268 Å². The minimum Gasteiger partial charge on any atom is -0.489 e. The molecule has 4 aromatic rings. The first-order valence-electron chi connectivity index (χ1n) is 15.9. The summed E-state index contributed by atoms with van der Waals surface area (Å²) in [6, 6.07) is 11.6. The number of ether oxygens (including phenoxy) is 2. The predicted molar refractivity (Wildman–Crippen MR) is 175 cm³/mol. The summed E-state index contributed by atoms with van der Waals surface area (Å²) in [6.07, 6.45) is 9.18. The van der Waals surface area contributed by atoms with E-state index in [-0.39, 0.29) is 36.4 Å². The Morgan fingerprint density at radius 2 is 1.93 bits per heavy atom. The lowest BCUT2D eigenvalue weighted by molar-refractivity contribution is 0.158. The fraction of sp³-hybridized carbons (Fsp3) is 0.429. The van der Waals surface area contributed by atoms with Crippen LogP contribution in [0.4, 0.5) is 14.9 Å². The average molecular weight is 629 g/mol. The molecule has 4 heterocycles. The number of carbonyl (C=O) groups is 1. The number of nitrogens with zero attached hydrogens (tertiary/aromatic N) is 5. The van der Waals surface area contributed by atoms with Gasteiger partial charge < -0.3 is 24.3 Å². The number of hydrogen-bond acceptors (Lipinski definition) is 8. The first-order valence-corrected chi connectivity index (χ1v) is 15.9. The molecule has 242 valence electrons. The van der Waals surface area contributed by atoms with Crippen LogP contribution in [0.25, 0.3) is 10.9 Å². The van der Waals surface area contributed by atoms with Gasteiger partial charge in [0, 0.05) is 79.1 Å². The number of pyridine rings is 3. The van der Waals surface area contributed by atoms with Crippen LogP contribution in [-0.2, 0) is 17.8 Å². The van der Waals surface area contributed by atoms with Gasteiger partial charge in [0.15, 0.2) is 17.0 Å². The predicted octanol–water partition coefficient (Wildman–Crippen LogP) is 5.29. The zero-order valence-electron chi connectivity index (χ0n) is 26.7. The number of anilines is 1. The quantitative estimate of drug-likeness (QED) is 0.224. The minimum absolute atomic E-state index is 0.0447. The highest BCUT2D eigenvalue weighted by Gasteiger charge is 2.30. The zero-order valence-corrected chi connectivity index (χ0v) is 26.7. The molecule has 0 unspecified atom stereocenters. The van der Waals surface area contributed by atoms with Crippen LogP contribution in [0.1, 0.15) is 54.2 Å². The van der Waals surface area contributed by atoms with E-state index in [4.69, 9.17) is 4.74 Å². The average Bonchev–Trinajstić information content (AvgIpc) is 3.90. The molecule has 10 nitrogen and oxygen atoms in total. The second kappa shape index (κ2) is 13.9. The van der Waals surface area contributed by atoms with Gasteiger partial charge in [-0.3, -0.25) is 19.7 Å². The van der Waals surface area contributed by atoms with Crippen molar-refractivity contribution < 1.29 is 18.7 Å². The monoisotopic (exact) mass is 628 g/mol. The molecule has 2 fully saturated rings. The number of benzene rings is 1. The smallest absolute Gasteiger partial charge is 0.406 e. The summed E-state index contributed by atoms with van der Waals surface area (Å²) in [6.45, 7) is 7.07. The summed E-state index contributed by atoms with van der Waals surface area (Å²) < 4.78 is 27.7. The number of methoxy groups -OCH3 is 1. The molecule has 1 amide bonds. The Morgan fingerprint density at radius 3 is 2.67 bits per heavy atom. The number of aromatic nitrogens is 3. The van der Waals surface area contributed by atoms with Crippen LogP contribution < -0.4 is 20.4 Å². The van der Waals surface area contributed by atoms with Crippen molar-refractivity contribution in [3.05, 3.63) is 93.5 Å². The molecule has 0 bridgehead atoms. The van der Waals surface area contributed by atoms with E-state index in [1.54, 1.807) is 6.07 Å². The van der Waals surface area contributed by atoms with Crippen molar-refractivity contribution in [1.82, 2.24) is 24.8 Å². The number of rotatable bonds is 11. The Hall–Kier alpha value is -4.51. The van der Waals surface area contributed by atoms with E-state index >= 15 is 4.39 Å². The number of aryl methyl sites for hydroxylation is 2. The van der Waals surface area contributed by atoms with Crippen molar-refractivity contribution in [2.24, 2.45) is 0 Å². The van der Waals surface area contributed by atoms with Gasteiger partial charge >= 0.3 is 6.09 Å². The van der Waals surface area contributed by atoms with Gasteiger partial charge in [-0.15, -0.1) is 0 Å². The molecule has 1 aliphatic heterocycles. The molecule has 11 heteroatoms. The van der Waals surface area contributed by atoms with Gasteiger partial charge in [-0.2, -0.15) is 0 Å². The zero-order chi connectivity index (χ0) is 32.2. The number of carbonyl (C=O) groups excluding carboxylic acids is 1. The van der Waals surface area contributed by atoms with Crippen molar-refractivity contribution in [3.8, 4) is 5.75 Å². The third kappa shape index (κ3) is 7.31. The summed E-state index contributed by atoms with van der Waals surface area (Å²) in [5.74, 6) is -0.566. The highest BCUT2D eigenvalue weighted by atomic mass is 19.1. The summed E-state index contributed by atoms with van der Waals surface area (Å²) in [5.41, 5.74) is 5.31. The van der Waals surface area contributed by atoms with E-state index in [0.29, 0.717) is 29.6 Å². The van der Waals surface area contributed by atoms with Crippen LogP contribution in [0.5, 0.6) is 5.75 Å². The second-order valence-electron chi connectivity index (χ2n) is 12.3. The van der Waals surface area contributed by atoms with Gasteiger partial charge in [0.2, 0.25) is 0 Å². The summed E-state index contributed by atoms with van der Waals surface area (Å²) in [4.78, 5) is 39.1. The fourth-order valence-electron chi connectivity index (χ4n) is 6.28. The topological polar surface area (TPSA) is 102 Å². The number of fused-ring (bicyclic) bond motifs is 1. The molecule has 1 aliphatic carbocycles. The first-order chi connectivity index (χ1) is 22.3. The maximum Gasteiger partial charge on any atom is 0.406 e. The molecule has 1 saturated carbocycles. The summed E-state index contributed by atoms with van der Waals surface area (Å²) >= 11 is 0. The second-order valence-corrected chi connectivity index (χ2v) is 12.3. The van der Waals surface area contributed by atoms with Crippen LogP contribution >= 0.6 is 0 Å². The van der Waals surface area contributed by atoms with Gasteiger partial charge in [0.05, 0.1) is 31.1 Å². The third-order valence-electron chi connectivity index (χ3n) is 8.81. The van der Waals surface area contributed by atoms with E-state index in [0.717, 1.165) is 61.4 Å². The molecule has 46 heavy (non-hydrogen) atoms. The first kappa shape index (κ1) is 31.5. The molecule has 1 N–H and O–H groups in total. The van der Waals surface area contributed by atoms with Gasteiger partial charge in [-0.1, -0.05) is 0 Å². The highest BCUT2D eigenvalue weighted by Crippen LogP contribution is 2.38. The van der Waals surface area contributed by atoms with Crippen molar-refractivity contribution >= 4 is 22.7 Å². The third-order valence-corrected chi connectivity index (χ3v) is 8.81. The minimum atomic E-state index is -0.610. The molecule has 0 spiro atoms. The van der Waals surface area contributed by atoms with Gasteiger partial charge in [-0.05, 0) is 75.4 Å². The van der Waals surface area contributed by atoms with Crippen LogP contribution in [-0.4, -0.2) is 64.9 Å². The van der Waals surface area contributed by atoms with Crippen LogP contribution in [0.2, 0.25) is 0 Å². The molecule has 1 aromatic carbocycles. The van der Waals surface area contributed by atoms with E-state index < -0.39 is 11.9 Å². The molecule has 1 atom stereocenters. The van der Waals surface area contributed by atoms with Crippen molar-refractivity contribution in [1.29, 1.82) is 0 Å². The Balaban J connectivity index is 1.31. The number of alkyl carbamates (subject to hydrolysis) is 1. The Kier molecular flexibility index (Phi) is 9.48. The van der Waals surface area contributed by atoms with E-state index in [2.05, 4.69) is 46.5 Å². The van der Waals surface area contributed by atoms with Crippen molar-refractivity contribution in [2.45, 2.75) is 64.7 Å². The molecule has 0 radical (unpaired) electrons. The van der Waals surface area contributed by atoms with E-state index in [1.807, 2.05) is 44.6 Å². The van der Waals surface area contributed by atoms with Crippen LogP contribution in [0.3, 0.4) is 0 Å². The fourth-order valence-corrected chi connectivity index (χ4v) is 6.28. The number of amides is 1. The molecular formula is C35H41FN6O4. The normalized spacial score (nSPS) is 16.5. The lowest BCUT2D eigenvalue weighted by Gasteiger charge is -2.40. The van der Waals surface area contributed by atoms with Crippen LogP contribution in [0, 0.1) is 19.7 Å². The summed E-state index contributed by atoms with van der Waals surface area (Å²) in [7, 11) is 1.27. The van der Waals surface area contributed by atoms with E-state index in [1.165, 1.54) is 13.2 Å². The Bertz CT molecular complexity index is 1760. The molecule has 3 aromatic heterocycles. The Morgan fingerprint density at radius 1 is 1.09 bits per heavy atom. The number of hydrogen-bond donors (Lipinski definition) is 1. The number of piperidine rings is 1. The molecular weight excluding hydrogens is 587 g/mol. The number of halogens is 1. The molecule has 6 rings (SSSR count). The van der Waals surface area contributed by atoms with Gasteiger partial charge in [0.1, 0.15) is 6.61 Å². The largest absolute Gasteiger partial charge is 0.489 e. The lowest BCUT2D eigenvalue weighted by Crippen LogP contribution is -2.48.